The molecule has 2 rings (SSSR count). The molecule has 2 fully saturated rings. The fourth-order valence-corrected chi connectivity index (χ4v) is 3.37. The number of carbonyl (C=O) groups excluding carboxylic acids is 2. The normalized spacial score (nSPS) is 32.5. The van der Waals surface area contributed by atoms with Gasteiger partial charge in [-0.05, 0) is 25.5 Å². The Labute approximate surface area is 94.6 Å². The first-order chi connectivity index (χ1) is 7.20. The van der Waals surface area contributed by atoms with E-state index in [-0.39, 0.29) is 18.1 Å². The summed E-state index contributed by atoms with van der Waals surface area (Å²) in [5.41, 5.74) is 0. The maximum absolute atomic E-state index is 11.6. The minimum absolute atomic E-state index is 0.0479. The fraction of sp³-hybridized carbons (Fsp3) is 0.818. The van der Waals surface area contributed by atoms with Crippen LogP contribution in [0.2, 0.25) is 0 Å². The number of nitrogens with zero attached hydrogens (tertiary/aromatic N) is 1. The van der Waals surface area contributed by atoms with Crippen LogP contribution in [0.15, 0.2) is 0 Å². The molecule has 1 aliphatic carbocycles. The predicted molar refractivity (Wildman–Crippen MR) is 60.9 cm³/mol. The molecule has 15 heavy (non-hydrogen) atoms. The topological polar surface area (TPSA) is 37.4 Å². The second-order valence-electron chi connectivity index (χ2n) is 4.42. The molecular formula is C11H17NO2S. The van der Waals surface area contributed by atoms with Gasteiger partial charge in [0.15, 0.2) is 5.78 Å². The lowest BCUT2D eigenvalue weighted by molar-refractivity contribution is -0.130. The standard InChI is InChI=1S/C11H17NO2S/c1-15-10-4-2-3-8(5-10)12-7-9(13)6-11(12)14/h8,10H,2-7H2,1H3. The van der Waals surface area contributed by atoms with Crippen molar-refractivity contribution < 1.29 is 9.59 Å². The van der Waals surface area contributed by atoms with E-state index in [9.17, 15) is 9.59 Å². The van der Waals surface area contributed by atoms with E-state index < -0.39 is 0 Å². The molecule has 0 aromatic carbocycles. The van der Waals surface area contributed by atoms with Crippen molar-refractivity contribution in [1.82, 2.24) is 4.90 Å². The summed E-state index contributed by atoms with van der Waals surface area (Å²) in [6.07, 6.45) is 6.86. The quantitative estimate of drug-likeness (QED) is 0.670. The number of likely N-dealkylation sites (tertiary alicyclic amines) is 1. The molecule has 4 heteroatoms. The third-order valence-electron chi connectivity index (χ3n) is 3.39. The second-order valence-corrected chi connectivity index (χ2v) is 5.55. The summed E-state index contributed by atoms with van der Waals surface area (Å²) in [6, 6.07) is 0.329. The highest BCUT2D eigenvalue weighted by Crippen LogP contribution is 2.31. The SMILES string of the molecule is CSC1CCCC(N2CC(=O)CC2=O)C1. The van der Waals surface area contributed by atoms with Gasteiger partial charge in [0.25, 0.3) is 0 Å². The first kappa shape index (κ1) is 11.0. The van der Waals surface area contributed by atoms with E-state index in [0.29, 0.717) is 17.8 Å². The average molecular weight is 227 g/mol. The lowest BCUT2D eigenvalue weighted by Gasteiger charge is -2.34. The van der Waals surface area contributed by atoms with Crippen molar-refractivity contribution in [1.29, 1.82) is 0 Å². The molecule has 0 aromatic rings. The first-order valence-electron chi connectivity index (χ1n) is 5.54. The molecule has 2 atom stereocenters. The summed E-state index contributed by atoms with van der Waals surface area (Å²) in [5, 5.41) is 0.673. The van der Waals surface area contributed by atoms with Crippen LogP contribution in [0.5, 0.6) is 0 Å². The Balaban J connectivity index is 1.98. The van der Waals surface area contributed by atoms with Crippen LogP contribution >= 0.6 is 11.8 Å². The Morgan fingerprint density at radius 1 is 1.33 bits per heavy atom. The predicted octanol–water partition coefficient (Wildman–Crippen LogP) is 1.46. The Bertz CT molecular complexity index is 280. The van der Waals surface area contributed by atoms with Gasteiger partial charge in [0.1, 0.15) is 0 Å². The maximum atomic E-state index is 11.6. The smallest absolute Gasteiger partial charge is 0.230 e. The second kappa shape index (κ2) is 4.56. The molecule has 2 unspecified atom stereocenters. The Morgan fingerprint density at radius 3 is 2.73 bits per heavy atom. The number of amides is 1. The molecule has 0 aromatic heterocycles. The highest BCUT2D eigenvalue weighted by atomic mass is 32.2. The van der Waals surface area contributed by atoms with E-state index in [1.807, 2.05) is 16.7 Å². The minimum atomic E-state index is 0.0479. The molecule has 1 aliphatic heterocycles. The van der Waals surface area contributed by atoms with Gasteiger partial charge in [-0.1, -0.05) is 6.42 Å². The van der Waals surface area contributed by atoms with Crippen molar-refractivity contribution in [2.75, 3.05) is 12.8 Å². The van der Waals surface area contributed by atoms with Gasteiger partial charge in [0.05, 0.1) is 13.0 Å². The zero-order chi connectivity index (χ0) is 10.8. The lowest BCUT2D eigenvalue weighted by atomic mass is 9.94. The van der Waals surface area contributed by atoms with Crippen LogP contribution in [0.3, 0.4) is 0 Å². The summed E-state index contributed by atoms with van der Waals surface area (Å²) in [4.78, 5) is 24.6. The van der Waals surface area contributed by atoms with Crippen LogP contribution in [0.1, 0.15) is 32.1 Å². The van der Waals surface area contributed by atoms with E-state index in [1.54, 1.807) is 0 Å². The number of Topliss-reactive ketones (excluding diaryl/α,β-unsaturated/α-hetero) is 1. The summed E-state index contributed by atoms with van der Waals surface area (Å²) < 4.78 is 0. The van der Waals surface area contributed by atoms with E-state index in [1.165, 1.54) is 12.8 Å². The van der Waals surface area contributed by atoms with Crippen LogP contribution in [-0.2, 0) is 9.59 Å². The fourth-order valence-electron chi connectivity index (χ4n) is 2.55. The number of ketones is 1. The van der Waals surface area contributed by atoms with E-state index in [0.717, 1.165) is 12.8 Å². The van der Waals surface area contributed by atoms with Crippen LogP contribution in [0.25, 0.3) is 0 Å². The molecule has 1 heterocycles. The molecule has 1 saturated carbocycles. The van der Waals surface area contributed by atoms with Crippen molar-refractivity contribution in [3.8, 4) is 0 Å². The largest absolute Gasteiger partial charge is 0.332 e. The highest BCUT2D eigenvalue weighted by Gasteiger charge is 2.35. The molecule has 0 spiro atoms. The summed E-state index contributed by atoms with van der Waals surface area (Å²) in [7, 11) is 0. The van der Waals surface area contributed by atoms with Gasteiger partial charge < -0.3 is 4.90 Å². The lowest BCUT2D eigenvalue weighted by Crippen LogP contribution is -2.40. The van der Waals surface area contributed by atoms with Crippen molar-refractivity contribution >= 4 is 23.5 Å². The zero-order valence-electron chi connectivity index (χ0n) is 9.07. The van der Waals surface area contributed by atoms with Gasteiger partial charge in [0.2, 0.25) is 5.91 Å². The highest BCUT2D eigenvalue weighted by molar-refractivity contribution is 7.99. The van der Waals surface area contributed by atoms with Gasteiger partial charge in [0, 0.05) is 11.3 Å². The van der Waals surface area contributed by atoms with Gasteiger partial charge in [-0.3, -0.25) is 9.59 Å². The summed E-state index contributed by atoms with van der Waals surface area (Å²) in [6.45, 7) is 0.366. The van der Waals surface area contributed by atoms with Gasteiger partial charge >= 0.3 is 0 Å². The van der Waals surface area contributed by atoms with Gasteiger partial charge in [-0.25, -0.2) is 0 Å². The van der Waals surface area contributed by atoms with Crippen LogP contribution in [-0.4, -0.2) is 40.7 Å². The van der Waals surface area contributed by atoms with E-state index in [2.05, 4.69) is 6.26 Å². The molecule has 3 nitrogen and oxygen atoms in total. The van der Waals surface area contributed by atoms with E-state index >= 15 is 0 Å². The van der Waals surface area contributed by atoms with Crippen LogP contribution in [0, 0.1) is 0 Å². The molecule has 84 valence electrons. The monoisotopic (exact) mass is 227 g/mol. The first-order valence-corrected chi connectivity index (χ1v) is 6.83. The molecule has 2 aliphatic rings. The van der Waals surface area contributed by atoms with Crippen molar-refractivity contribution in [3.05, 3.63) is 0 Å². The van der Waals surface area contributed by atoms with E-state index in [4.69, 9.17) is 0 Å². The molecule has 0 radical (unpaired) electrons. The maximum Gasteiger partial charge on any atom is 0.230 e. The van der Waals surface area contributed by atoms with Gasteiger partial charge in [-0.2, -0.15) is 11.8 Å². The van der Waals surface area contributed by atoms with Crippen LogP contribution < -0.4 is 0 Å². The third-order valence-corrected chi connectivity index (χ3v) is 4.48. The van der Waals surface area contributed by atoms with Crippen LogP contribution in [0.4, 0.5) is 0 Å². The summed E-state index contributed by atoms with van der Waals surface area (Å²) in [5.74, 6) is 0.137. The number of thioether (sulfide) groups is 1. The molecule has 0 N–H and O–H groups in total. The number of rotatable bonds is 2. The number of carbonyl (C=O) groups is 2. The van der Waals surface area contributed by atoms with Crippen molar-refractivity contribution in [3.63, 3.8) is 0 Å². The molecular weight excluding hydrogens is 210 g/mol. The van der Waals surface area contributed by atoms with Crippen molar-refractivity contribution in [2.24, 2.45) is 0 Å². The Hall–Kier alpha value is -0.510. The molecule has 1 amide bonds. The molecule has 1 saturated heterocycles. The Kier molecular flexibility index (Phi) is 3.34. The molecule has 0 bridgehead atoms. The van der Waals surface area contributed by atoms with Crippen molar-refractivity contribution in [2.45, 2.75) is 43.4 Å². The third kappa shape index (κ3) is 2.36. The zero-order valence-corrected chi connectivity index (χ0v) is 9.89. The van der Waals surface area contributed by atoms with Gasteiger partial charge in [-0.15, -0.1) is 0 Å². The number of hydrogen-bond donors (Lipinski definition) is 0. The average Bonchev–Trinajstić information content (AvgIpc) is 2.58. The minimum Gasteiger partial charge on any atom is -0.332 e. The number of hydrogen-bond acceptors (Lipinski definition) is 3. The summed E-state index contributed by atoms with van der Waals surface area (Å²) >= 11 is 1.89. The Morgan fingerprint density at radius 2 is 2.13 bits per heavy atom.